The first-order valence-electron chi connectivity index (χ1n) is 8.89. The number of anilines is 1. The zero-order chi connectivity index (χ0) is 17.8. The minimum absolute atomic E-state index is 0.0191. The van der Waals surface area contributed by atoms with Crippen molar-refractivity contribution >= 4 is 29.2 Å². The lowest BCUT2D eigenvalue weighted by Crippen LogP contribution is -2.55. The Morgan fingerprint density at radius 1 is 0.960 bits per heavy atom. The van der Waals surface area contributed by atoms with Gasteiger partial charge in [0.1, 0.15) is 6.04 Å². The van der Waals surface area contributed by atoms with E-state index >= 15 is 0 Å². The van der Waals surface area contributed by atoms with Gasteiger partial charge in [-0.1, -0.05) is 11.6 Å². The molecule has 1 unspecified atom stereocenters. The Hall–Kier alpha value is -1.95. The molecule has 0 spiro atoms. The molecule has 2 aliphatic heterocycles. The van der Waals surface area contributed by atoms with Crippen LogP contribution >= 0.6 is 11.6 Å². The van der Waals surface area contributed by atoms with Crippen molar-refractivity contribution in [2.45, 2.75) is 25.8 Å². The maximum Gasteiger partial charge on any atom is 0.318 e. The smallest absolute Gasteiger partial charge is 0.318 e. The molecule has 0 radical (unpaired) electrons. The van der Waals surface area contributed by atoms with E-state index in [4.69, 9.17) is 11.6 Å². The molecule has 2 saturated heterocycles. The van der Waals surface area contributed by atoms with Gasteiger partial charge in [0, 0.05) is 50.0 Å². The Labute approximate surface area is 153 Å². The van der Waals surface area contributed by atoms with Crippen LogP contribution in [0.2, 0.25) is 5.02 Å². The lowest BCUT2D eigenvalue weighted by atomic mass is 10.2. The van der Waals surface area contributed by atoms with Crippen LogP contribution in [0, 0.1) is 0 Å². The monoisotopic (exact) mass is 364 g/mol. The number of carbonyl (C=O) groups excluding carboxylic acids is 2. The second-order valence-electron chi connectivity index (χ2n) is 6.65. The number of urea groups is 1. The number of hydrogen-bond donors (Lipinski definition) is 1. The van der Waals surface area contributed by atoms with E-state index in [9.17, 15) is 9.59 Å². The molecule has 1 atom stereocenters. The standard InChI is InChI=1S/C18H25ClN4O2/c1-14(17(24)22-8-2-3-9-22)20-18(25)23-12-10-21(11-13-23)16-6-4-15(19)5-7-16/h4-7,14H,2-3,8-13H2,1H3,(H,20,25). The molecule has 0 saturated carbocycles. The van der Waals surface area contributed by atoms with Crippen molar-refractivity contribution in [3.8, 4) is 0 Å². The van der Waals surface area contributed by atoms with Crippen molar-refractivity contribution in [3.05, 3.63) is 29.3 Å². The van der Waals surface area contributed by atoms with E-state index in [0.717, 1.165) is 49.7 Å². The van der Waals surface area contributed by atoms with Crippen LogP contribution in [0.15, 0.2) is 24.3 Å². The summed E-state index contributed by atoms with van der Waals surface area (Å²) in [5.41, 5.74) is 1.11. The predicted octanol–water partition coefficient (Wildman–Crippen LogP) is 2.18. The van der Waals surface area contributed by atoms with E-state index in [1.807, 2.05) is 29.2 Å². The van der Waals surface area contributed by atoms with Gasteiger partial charge in [-0.3, -0.25) is 4.79 Å². The molecule has 1 aromatic rings. The van der Waals surface area contributed by atoms with Crippen LogP contribution in [0.5, 0.6) is 0 Å². The number of nitrogens with zero attached hydrogens (tertiary/aromatic N) is 3. The zero-order valence-electron chi connectivity index (χ0n) is 14.6. The van der Waals surface area contributed by atoms with Crippen LogP contribution < -0.4 is 10.2 Å². The Kier molecular flexibility index (Phi) is 5.68. The second-order valence-corrected chi connectivity index (χ2v) is 7.09. The van der Waals surface area contributed by atoms with Gasteiger partial charge in [-0.15, -0.1) is 0 Å². The highest BCUT2D eigenvalue weighted by Crippen LogP contribution is 2.19. The number of piperazine rings is 1. The minimum atomic E-state index is -0.472. The summed E-state index contributed by atoms with van der Waals surface area (Å²) >= 11 is 5.93. The summed E-state index contributed by atoms with van der Waals surface area (Å²) < 4.78 is 0. The minimum Gasteiger partial charge on any atom is -0.368 e. The molecule has 2 aliphatic rings. The van der Waals surface area contributed by atoms with Crippen molar-refractivity contribution in [1.82, 2.24) is 15.1 Å². The van der Waals surface area contributed by atoms with Gasteiger partial charge in [-0.05, 0) is 44.0 Å². The van der Waals surface area contributed by atoms with Crippen molar-refractivity contribution in [3.63, 3.8) is 0 Å². The third-order valence-corrected chi connectivity index (χ3v) is 5.14. The lowest BCUT2D eigenvalue weighted by Gasteiger charge is -2.36. The van der Waals surface area contributed by atoms with Gasteiger partial charge in [-0.2, -0.15) is 0 Å². The van der Waals surface area contributed by atoms with E-state index in [1.165, 1.54) is 0 Å². The molecule has 2 heterocycles. The molecule has 7 heteroatoms. The molecule has 6 nitrogen and oxygen atoms in total. The number of amides is 3. The zero-order valence-corrected chi connectivity index (χ0v) is 15.3. The first-order valence-corrected chi connectivity index (χ1v) is 9.27. The van der Waals surface area contributed by atoms with Crippen LogP contribution in [-0.4, -0.2) is 67.0 Å². The molecule has 1 aromatic carbocycles. The molecule has 25 heavy (non-hydrogen) atoms. The summed E-state index contributed by atoms with van der Waals surface area (Å²) in [7, 11) is 0. The SMILES string of the molecule is CC(NC(=O)N1CCN(c2ccc(Cl)cc2)CC1)C(=O)N1CCCC1. The van der Waals surface area contributed by atoms with E-state index in [1.54, 1.807) is 11.8 Å². The maximum atomic E-state index is 12.4. The van der Waals surface area contributed by atoms with Gasteiger partial charge < -0.3 is 20.0 Å². The van der Waals surface area contributed by atoms with Gasteiger partial charge in [0.2, 0.25) is 5.91 Å². The molecular weight excluding hydrogens is 340 g/mol. The number of halogens is 1. The maximum absolute atomic E-state index is 12.4. The second kappa shape index (κ2) is 7.95. The summed E-state index contributed by atoms with van der Waals surface area (Å²) in [6, 6.07) is 7.11. The number of carbonyl (C=O) groups is 2. The number of likely N-dealkylation sites (tertiary alicyclic amines) is 1. The highest BCUT2D eigenvalue weighted by Gasteiger charge is 2.27. The molecule has 1 N–H and O–H groups in total. The third-order valence-electron chi connectivity index (χ3n) is 4.89. The normalized spacial score (nSPS) is 19.0. The van der Waals surface area contributed by atoms with Crippen LogP contribution in [0.25, 0.3) is 0 Å². The topological polar surface area (TPSA) is 55.9 Å². The summed E-state index contributed by atoms with van der Waals surface area (Å²) in [5, 5.41) is 3.57. The van der Waals surface area contributed by atoms with Crippen LogP contribution in [0.1, 0.15) is 19.8 Å². The van der Waals surface area contributed by atoms with Crippen LogP contribution in [0.3, 0.4) is 0 Å². The van der Waals surface area contributed by atoms with Gasteiger partial charge >= 0.3 is 6.03 Å². The quantitative estimate of drug-likeness (QED) is 0.894. The van der Waals surface area contributed by atoms with Crippen molar-refractivity contribution in [1.29, 1.82) is 0 Å². The molecule has 0 aromatic heterocycles. The van der Waals surface area contributed by atoms with Crippen molar-refractivity contribution in [2.75, 3.05) is 44.2 Å². The molecule has 2 fully saturated rings. The summed E-state index contributed by atoms with van der Waals surface area (Å²) in [5.74, 6) is 0.0191. The number of nitrogens with one attached hydrogen (secondary N) is 1. The molecule has 3 rings (SSSR count). The fraction of sp³-hybridized carbons (Fsp3) is 0.556. The number of hydrogen-bond acceptors (Lipinski definition) is 3. The number of rotatable bonds is 3. The van der Waals surface area contributed by atoms with Crippen molar-refractivity contribution < 1.29 is 9.59 Å². The summed E-state index contributed by atoms with van der Waals surface area (Å²) in [4.78, 5) is 30.6. The first-order chi connectivity index (χ1) is 12.0. The van der Waals surface area contributed by atoms with Crippen LogP contribution in [0.4, 0.5) is 10.5 Å². The van der Waals surface area contributed by atoms with Gasteiger partial charge in [-0.25, -0.2) is 4.79 Å². The summed E-state index contributed by atoms with van der Waals surface area (Å²) in [6.07, 6.45) is 2.11. The Bertz CT molecular complexity index is 608. The van der Waals surface area contributed by atoms with E-state index in [-0.39, 0.29) is 11.9 Å². The van der Waals surface area contributed by atoms with Crippen LogP contribution in [-0.2, 0) is 4.79 Å². The van der Waals surface area contributed by atoms with E-state index in [2.05, 4.69) is 10.2 Å². The van der Waals surface area contributed by atoms with Crippen molar-refractivity contribution in [2.24, 2.45) is 0 Å². The average molecular weight is 365 g/mol. The first kappa shape index (κ1) is 17.9. The lowest BCUT2D eigenvalue weighted by molar-refractivity contribution is -0.131. The number of benzene rings is 1. The fourth-order valence-corrected chi connectivity index (χ4v) is 3.50. The third kappa shape index (κ3) is 4.37. The molecule has 136 valence electrons. The van der Waals surface area contributed by atoms with Gasteiger partial charge in [0.15, 0.2) is 0 Å². The average Bonchev–Trinajstić information content (AvgIpc) is 3.16. The highest BCUT2D eigenvalue weighted by molar-refractivity contribution is 6.30. The molecule has 3 amide bonds. The van der Waals surface area contributed by atoms with Gasteiger partial charge in [0.25, 0.3) is 0 Å². The molecule has 0 aliphatic carbocycles. The fourth-order valence-electron chi connectivity index (χ4n) is 3.37. The summed E-state index contributed by atoms with van der Waals surface area (Å²) in [6.45, 7) is 6.19. The molecular formula is C18H25ClN4O2. The van der Waals surface area contributed by atoms with E-state index in [0.29, 0.717) is 13.1 Å². The Morgan fingerprint density at radius 3 is 2.16 bits per heavy atom. The largest absolute Gasteiger partial charge is 0.368 e. The molecule has 0 bridgehead atoms. The Morgan fingerprint density at radius 2 is 1.56 bits per heavy atom. The van der Waals surface area contributed by atoms with E-state index < -0.39 is 6.04 Å². The highest BCUT2D eigenvalue weighted by atomic mass is 35.5. The Balaban J connectivity index is 1.47. The van der Waals surface area contributed by atoms with Gasteiger partial charge in [0.05, 0.1) is 0 Å². The predicted molar refractivity (Wildman–Crippen MR) is 99.0 cm³/mol.